The predicted molar refractivity (Wildman–Crippen MR) is 40.2 cm³/mol. The Morgan fingerprint density at radius 1 is 1.60 bits per heavy atom. The number of hydrogen-bond donors (Lipinski definition) is 0. The molecule has 10 heavy (non-hydrogen) atoms. The molecule has 0 aliphatic carbocycles. The Labute approximate surface area is 77.2 Å². The Morgan fingerprint density at radius 2 is 2.00 bits per heavy atom. The molecule has 62 valence electrons. The molecule has 0 bridgehead atoms. The Balaban J connectivity index is 0. The van der Waals surface area contributed by atoms with Crippen molar-refractivity contribution >= 4 is 15.3 Å². The van der Waals surface area contributed by atoms with Gasteiger partial charge in [0.25, 0.3) is 0 Å². The van der Waals surface area contributed by atoms with Crippen LogP contribution in [0.3, 0.4) is 0 Å². The quantitative estimate of drug-likeness (QED) is 0.419. The Hall–Kier alpha value is 0.232. The van der Waals surface area contributed by atoms with Crippen LogP contribution < -0.4 is 0 Å². The van der Waals surface area contributed by atoms with E-state index in [-0.39, 0.29) is 5.78 Å². The van der Waals surface area contributed by atoms with Crippen LogP contribution >= 0.6 is 9.53 Å². The van der Waals surface area contributed by atoms with Crippen molar-refractivity contribution in [2.24, 2.45) is 5.92 Å². The van der Waals surface area contributed by atoms with Crippen LogP contribution in [0.25, 0.3) is 0 Å². The van der Waals surface area contributed by atoms with Crippen LogP contribution in [0.1, 0.15) is 13.8 Å². The molecule has 0 aliphatic heterocycles. The number of carbonyl (C=O) groups excluding carboxylic acids is 1. The van der Waals surface area contributed by atoms with E-state index < -0.39 is 0 Å². The molecule has 0 heterocycles. The molecular formula is C7H11ClOPd. The van der Waals surface area contributed by atoms with Gasteiger partial charge in [0.15, 0.2) is 0 Å². The Morgan fingerprint density at radius 3 is 2.10 bits per heavy atom. The number of allylic oxidation sites excluding steroid dienone is 2. The van der Waals surface area contributed by atoms with Gasteiger partial charge in [-0.05, 0) is 5.92 Å². The van der Waals surface area contributed by atoms with E-state index in [4.69, 9.17) is 0 Å². The summed E-state index contributed by atoms with van der Waals surface area (Å²) in [6.45, 7) is 7.21. The zero-order chi connectivity index (χ0) is 8.57. The molecule has 0 spiro atoms. The van der Waals surface area contributed by atoms with Gasteiger partial charge in [0.05, 0.1) is 0 Å². The molecule has 0 N–H and O–H groups in total. The van der Waals surface area contributed by atoms with E-state index in [0.717, 1.165) is 0 Å². The monoisotopic (exact) mass is 252 g/mol. The first-order valence-electron chi connectivity index (χ1n) is 2.79. The fourth-order valence-corrected chi connectivity index (χ4v) is 0.300. The van der Waals surface area contributed by atoms with Gasteiger partial charge in [-0.2, -0.15) is 19.1 Å². The third kappa shape index (κ3) is 15.7. The average molecular weight is 253 g/mol. The molecule has 0 saturated heterocycles. The fraction of sp³-hybridized carbons (Fsp3) is 0.429. The number of rotatable bonds is 2. The molecule has 3 heteroatoms. The maximum absolute atomic E-state index is 10.2. The predicted octanol–water partition coefficient (Wildman–Crippen LogP) is 2.29. The normalized spacial score (nSPS) is 9.40. The molecule has 0 aliphatic rings. The van der Waals surface area contributed by atoms with Gasteiger partial charge in [-0.15, -0.1) is 0 Å². The van der Waals surface area contributed by atoms with Crippen molar-refractivity contribution in [1.29, 1.82) is 0 Å². The van der Waals surface area contributed by atoms with Crippen molar-refractivity contribution in [3.8, 4) is 0 Å². The maximum atomic E-state index is 10.2. The summed E-state index contributed by atoms with van der Waals surface area (Å²) in [5.41, 5.74) is 0. The number of carbonyl (C=O) groups is 1. The molecule has 1 nitrogen and oxygen atoms in total. The van der Waals surface area contributed by atoms with Gasteiger partial charge < -0.3 is 4.79 Å². The standard InChI is InChI=1S/C7H11O.ClH.Pd/c1-6(2)4-5-7(3)8;;/h4-6H,3H2,1-2H3;1H;/q-1;;+2/p-1. The average Bonchev–Trinajstić information content (AvgIpc) is 1.89. The van der Waals surface area contributed by atoms with E-state index >= 15 is 0 Å². The van der Waals surface area contributed by atoms with Gasteiger partial charge in [0.1, 0.15) is 0 Å². The number of ketones is 1. The van der Waals surface area contributed by atoms with E-state index in [9.17, 15) is 4.79 Å². The van der Waals surface area contributed by atoms with Crippen molar-refractivity contribution < 1.29 is 23.0 Å². The number of halogens is 1. The second kappa shape index (κ2) is 9.23. The van der Waals surface area contributed by atoms with Crippen LogP contribution in [0.4, 0.5) is 0 Å². The van der Waals surface area contributed by atoms with Crippen molar-refractivity contribution in [3.05, 3.63) is 19.1 Å². The van der Waals surface area contributed by atoms with Crippen LogP contribution in [-0.4, -0.2) is 5.78 Å². The topological polar surface area (TPSA) is 17.1 Å². The second-order valence-electron chi connectivity index (χ2n) is 2.07. The molecule has 0 unspecified atom stereocenters. The Bertz CT molecular complexity index is 110. The first kappa shape index (κ1) is 12.9. The van der Waals surface area contributed by atoms with E-state index in [1.807, 2.05) is 19.9 Å². The van der Waals surface area contributed by atoms with Gasteiger partial charge in [0.2, 0.25) is 0 Å². The molecule has 0 amide bonds. The minimum atomic E-state index is -0.126. The van der Waals surface area contributed by atoms with Gasteiger partial charge in [-0.3, -0.25) is 0 Å². The fourth-order valence-electron chi connectivity index (χ4n) is 0.300. The van der Waals surface area contributed by atoms with Crippen LogP contribution in [0.15, 0.2) is 12.2 Å². The summed E-state index contributed by atoms with van der Waals surface area (Å²) < 4.78 is 0. The summed E-state index contributed by atoms with van der Waals surface area (Å²) in [7, 11) is 4.49. The van der Waals surface area contributed by atoms with Crippen molar-refractivity contribution in [1.82, 2.24) is 0 Å². The summed E-state index contributed by atoms with van der Waals surface area (Å²) in [6, 6.07) is 0. The van der Waals surface area contributed by atoms with E-state index in [1.54, 1.807) is 0 Å². The summed E-state index contributed by atoms with van der Waals surface area (Å²) in [6.07, 6.45) is 3.32. The number of hydrogen-bond acceptors (Lipinski definition) is 1. The van der Waals surface area contributed by atoms with Crippen molar-refractivity contribution in [2.75, 3.05) is 0 Å². The first-order valence-corrected chi connectivity index (χ1v) is 4.79. The zero-order valence-electron chi connectivity index (χ0n) is 6.04. The first-order chi connectivity index (χ1) is 4.63. The van der Waals surface area contributed by atoms with Gasteiger partial charge in [-0.1, -0.05) is 13.8 Å². The van der Waals surface area contributed by atoms with E-state index in [2.05, 4.69) is 34.6 Å². The molecular weight excluding hydrogens is 242 g/mol. The van der Waals surface area contributed by atoms with Gasteiger partial charge in [-0.25, -0.2) is 0 Å². The molecule has 0 fully saturated rings. The summed E-state index contributed by atoms with van der Waals surface area (Å²) in [4.78, 5) is 10.2. The van der Waals surface area contributed by atoms with E-state index in [0.29, 0.717) is 5.92 Å². The summed E-state index contributed by atoms with van der Waals surface area (Å²) >= 11 is 2.22. The molecule has 0 radical (unpaired) electrons. The molecule has 0 aromatic carbocycles. The summed E-state index contributed by atoms with van der Waals surface area (Å²) in [5, 5.41) is 0. The van der Waals surface area contributed by atoms with Gasteiger partial charge >= 0.3 is 27.7 Å². The molecule has 0 atom stereocenters. The van der Waals surface area contributed by atoms with E-state index in [1.165, 1.54) is 6.08 Å². The van der Waals surface area contributed by atoms with Crippen molar-refractivity contribution in [2.45, 2.75) is 13.8 Å². The zero-order valence-corrected chi connectivity index (χ0v) is 8.35. The van der Waals surface area contributed by atoms with Gasteiger partial charge in [0, 0.05) is 5.78 Å². The second-order valence-corrected chi connectivity index (χ2v) is 2.07. The third-order valence-electron chi connectivity index (χ3n) is 0.667. The minimum absolute atomic E-state index is 0.126. The molecule has 0 rings (SSSR count). The Kier molecular flexibility index (Phi) is 11.9. The van der Waals surface area contributed by atoms with Crippen LogP contribution in [0.5, 0.6) is 0 Å². The van der Waals surface area contributed by atoms with Crippen molar-refractivity contribution in [3.63, 3.8) is 0 Å². The van der Waals surface area contributed by atoms with Crippen LogP contribution in [0, 0.1) is 12.8 Å². The van der Waals surface area contributed by atoms with Crippen LogP contribution in [0.2, 0.25) is 0 Å². The molecule has 0 saturated carbocycles. The van der Waals surface area contributed by atoms with Crippen LogP contribution in [-0.2, 0) is 23.0 Å². The summed E-state index contributed by atoms with van der Waals surface area (Å²) in [5.74, 6) is 0.319. The molecule has 0 aromatic heterocycles. The molecule has 0 aromatic rings. The SMILES string of the molecule is [CH2-]C(=O)C=CC(C)C.[Cl][Pd+]. The third-order valence-corrected chi connectivity index (χ3v) is 0.667.